The molecule has 7 heteroatoms. The molecule has 1 fully saturated rings. The Balaban J connectivity index is 1.33. The monoisotopic (exact) mass is 428 g/mol. The minimum atomic E-state index is -0.223. The number of amides is 1. The maximum absolute atomic E-state index is 13.4. The maximum atomic E-state index is 13.4. The van der Waals surface area contributed by atoms with Crippen LogP contribution in [-0.4, -0.2) is 47.7 Å². The Morgan fingerprint density at radius 3 is 2.41 bits per heavy atom. The molecule has 3 aromatic rings. The Morgan fingerprint density at radius 1 is 0.966 bits per heavy atom. The van der Waals surface area contributed by atoms with Gasteiger partial charge in [0.15, 0.2) is 5.78 Å². The average molecular weight is 429 g/mol. The maximum Gasteiger partial charge on any atom is 0.264 e. The van der Waals surface area contributed by atoms with E-state index >= 15 is 0 Å². The second-order valence-electron chi connectivity index (χ2n) is 7.06. The third-order valence-corrected chi connectivity index (χ3v) is 7.27. The van der Waals surface area contributed by atoms with E-state index in [2.05, 4.69) is 11.0 Å². The summed E-state index contributed by atoms with van der Waals surface area (Å²) in [5, 5.41) is 0. The molecule has 1 amide bonds. The number of carbonyl (C=O) groups excluding carboxylic acids is 2. The Labute approximate surface area is 177 Å². The first kappa shape index (κ1) is 19.9. The second-order valence-corrected chi connectivity index (χ2v) is 9.32. The lowest BCUT2D eigenvalue weighted by molar-refractivity contribution is 0.0634. The van der Waals surface area contributed by atoms with Crippen molar-refractivity contribution >= 4 is 34.4 Å². The predicted octanol–water partition coefficient (Wildman–Crippen LogP) is 4.78. The number of rotatable bonds is 5. The number of carbonyl (C=O) groups is 2. The Morgan fingerprint density at radius 2 is 1.72 bits per heavy atom. The van der Waals surface area contributed by atoms with Crippen LogP contribution in [0, 0.1) is 5.82 Å². The molecule has 0 spiro atoms. The molecular formula is C22H21FN2O2S2. The Bertz CT molecular complexity index is 1030. The van der Waals surface area contributed by atoms with E-state index in [1.165, 1.54) is 29.2 Å². The molecule has 4 nitrogen and oxygen atoms in total. The highest BCUT2D eigenvalue weighted by atomic mass is 32.1. The number of nitrogens with zero attached hydrogens (tertiary/aromatic N) is 2. The lowest BCUT2D eigenvalue weighted by Gasteiger charge is -2.34. The Kier molecular flexibility index (Phi) is 5.89. The van der Waals surface area contributed by atoms with E-state index in [9.17, 15) is 14.0 Å². The van der Waals surface area contributed by atoms with Gasteiger partial charge in [-0.3, -0.25) is 14.5 Å². The van der Waals surface area contributed by atoms with E-state index in [0.29, 0.717) is 22.8 Å². The fourth-order valence-electron chi connectivity index (χ4n) is 3.39. The summed E-state index contributed by atoms with van der Waals surface area (Å²) in [6, 6.07) is 14.3. The second kappa shape index (κ2) is 8.57. The average Bonchev–Trinajstić information content (AvgIpc) is 3.38. The van der Waals surface area contributed by atoms with Crippen molar-refractivity contribution in [1.82, 2.24) is 9.80 Å². The SMILES string of the molecule is CC(=O)c1ccc(C(=O)N2CCN(Cc3ccc(-c4cccc(F)c4)s3)CC2)s1. The Hall–Kier alpha value is -2.35. The normalized spacial score (nSPS) is 14.9. The first-order valence-corrected chi connectivity index (χ1v) is 11.1. The highest BCUT2D eigenvalue weighted by Crippen LogP contribution is 2.29. The van der Waals surface area contributed by atoms with E-state index in [1.54, 1.807) is 35.6 Å². The number of benzene rings is 1. The molecule has 0 unspecified atom stereocenters. The van der Waals surface area contributed by atoms with Gasteiger partial charge in [-0.2, -0.15) is 0 Å². The van der Waals surface area contributed by atoms with Gasteiger partial charge < -0.3 is 4.90 Å². The van der Waals surface area contributed by atoms with Crippen LogP contribution in [0.4, 0.5) is 4.39 Å². The van der Waals surface area contributed by atoms with E-state index in [0.717, 1.165) is 30.1 Å². The molecule has 1 aromatic carbocycles. The zero-order valence-electron chi connectivity index (χ0n) is 16.1. The molecule has 0 aliphatic carbocycles. The molecule has 0 atom stereocenters. The smallest absolute Gasteiger partial charge is 0.264 e. The zero-order valence-corrected chi connectivity index (χ0v) is 17.7. The van der Waals surface area contributed by atoms with Gasteiger partial charge in [0.1, 0.15) is 5.82 Å². The number of Topliss-reactive ketones (excluding diaryl/α,β-unsaturated/α-hetero) is 1. The van der Waals surface area contributed by atoms with Crippen molar-refractivity contribution in [2.24, 2.45) is 0 Å². The van der Waals surface area contributed by atoms with Gasteiger partial charge in [0.05, 0.1) is 9.75 Å². The van der Waals surface area contributed by atoms with Crippen LogP contribution in [0.15, 0.2) is 48.5 Å². The van der Waals surface area contributed by atoms with Gasteiger partial charge in [-0.25, -0.2) is 4.39 Å². The molecule has 4 rings (SSSR count). The van der Waals surface area contributed by atoms with Crippen LogP contribution in [0.1, 0.15) is 31.1 Å². The summed E-state index contributed by atoms with van der Waals surface area (Å²) in [6.07, 6.45) is 0. The van der Waals surface area contributed by atoms with Gasteiger partial charge in [-0.15, -0.1) is 22.7 Å². The van der Waals surface area contributed by atoms with Crippen LogP contribution in [-0.2, 0) is 6.54 Å². The highest BCUT2D eigenvalue weighted by molar-refractivity contribution is 7.16. The topological polar surface area (TPSA) is 40.6 Å². The van der Waals surface area contributed by atoms with Gasteiger partial charge in [0.25, 0.3) is 5.91 Å². The van der Waals surface area contributed by atoms with E-state index in [-0.39, 0.29) is 17.5 Å². The third-order valence-electron chi connectivity index (χ3n) is 4.97. The minimum absolute atomic E-state index is 0.00617. The van der Waals surface area contributed by atoms with Crippen LogP contribution >= 0.6 is 22.7 Å². The quantitative estimate of drug-likeness (QED) is 0.550. The van der Waals surface area contributed by atoms with Crippen molar-refractivity contribution in [2.45, 2.75) is 13.5 Å². The van der Waals surface area contributed by atoms with Crippen LogP contribution in [0.5, 0.6) is 0 Å². The molecule has 1 aliphatic heterocycles. The molecule has 29 heavy (non-hydrogen) atoms. The van der Waals surface area contributed by atoms with Gasteiger partial charge in [-0.05, 0) is 48.9 Å². The molecule has 150 valence electrons. The van der Waals surface area contributed by atoms with Crippen LogP contribution in [0.2, 0.25) is 0 Å². The van der Waals surface area contributed by atoms with Crippen molar-refractivity contribution in [2.75, 3.05) is 26.2 Å². The fraction of sp³-hybridized carbons (Fsp3) is 0.273. The van der Waals surface area contributed by atoms with Gasteiger partial charge in [0, 0.05) is 42.5 Å². The zero-order chi connectivity index (χ0) is 20.4. The summed E-state index contributed by atoms with van der Waals surface area (Å²) < 4.78 is 13.4. The fourth-order valence-corrected chi connectivity index (χ4v) is 5.30. The number of piperazine rings is 1. The van der Waals surface area contributed by atoms with Crippen molar-refractivity contribution in [3.05, 3.63) is 69.0 Å². The van der Waals surface area contributed by atoms with Crippen LogP contribution in [0.3, 0.4) is 0 Å². The number of hydrogen-bond donors (Lipinski definition) is 0. The van der Waals surface area contributed by atoms with Gasteiger partial charge in [0.2, 0.25) is 0 Å². The standard InChI is InChI=1S/C22H21FN2O2S2/c1-15(26)19-7-8-21(29-19)22(27)25-11-9-24(10-12-25)14-18-5-6-20(28-18)16-3-2-4-17(23)13-16/h2-8,13H,9-12,14H2,1H3. The molecular weight excluding hydrogens is 407 g/mol. The summed E-state index contributed by atoms with van der Waals surface area (Å²) in [4.78, 5) is 31.8. The van der Waals surface area contributed by atoms with Crippen molar-refractivity contribution in [3.8, 4) is 10.4 Å². The number of ketones is 1. The minimum Gasteiger partial charge on any atom is -0.335 e. The van der Waals surface area contributed by atoms with Gasteiger partial charge in [-0.1, -0.05) is 12.1 Å². The molecule has 2 aromatic heterocycles. The van der Waals surface area contributed by atoms with Crippen molar-refractivity contribution < 1.29 is 14.0 Å². The third kappa shape index (κ3) is 4.63. The summed E-state index contributed by atoms with van der Waals surface area (Å²) in [5.41, 5.74) is 0.901. The van der Waals surface area contributed by atoms with Gasteiger partial charge >= 0.3 is 0 Å². The number of thiophene rings is 2. The lowest BCUT2D eigenvalue weighted by Crippen LogP contribution is -2.48. The molecule has 0 saturated carbocycles. The first-order valence-electron chi connectivity index (χ1n) is 9.46. The molecule has 1 saturated heterocycles. The predicted molar refractivity (Wildman–Crippen MR) is 115 cm³/mol. The van der Waals surface area contributed by atoms with E-state index in [4.69, 9.17) is 0 Å². The summed E-state index contributed by atoms with van der Waals surface area (Å²) in [7, 11) is 0. The highest BCUT2D eigenvalue weighted by Gasteiger charge is 2.24. The molecule has 1 aliphatic rings. The van der Waals surface area contributed by atoms with Crippen molar-refractivity contribution in [3.63, 3.8) is 0 Å². The largest absolute Gasteiger partial charge is 0.335 e. The van der Waals surface area contributed by atoms with E-state index < -0.39 is 0 Å². The molecule has 0 bridgehead atoms. The van der Waals surface area contributed by atoms with Crippen LogP contribution in [0.25, 0.3) is 10.4 Å². The first-order chi connectivity index (χ1) is 14.0. The lowest BCUT2D eigenvalue weighted by atomic mass is 10.2. The number of hydrogen-bond acceptors (Lipinski definition) is 5. The van der Waals surface area contributed by atoms with Crippen LogP contribution < -0.4 is 0 Å². The summed E-state index contributed by atoms with van der Waals surface area (Å²) in [5.74, 6) is -0.224. The number of halogens is 1. The summed E-state index contributed by atoms with van der Waals surface area (Å²) >= 11 is 2.95. The molecule has 0 radical (unpaired) electrons. The van der Waals surface area contributed by atoms with E-state index in [1.807, 2.05) is 17.0 Å². The molecule has 0 N–H and O–H groups in total. The summed E-state index contributed by atoms with van der Waals surface area (Å²) in [6.45, 7) is 5.31. The molecule has 3 heterocycles. The van der Waals surface area contributed by atoms with Crippen molar-refractivity contribution in [1.29, 1.82) is 0 Å².